The van der Waals surface area contributed by atoms with Gasteiger partial charge in [0.05, 0.1) is 10.4 Å². The van der Waals surface area contributed by atoms with E-state index in [9.17, 15) is 0 Å². The fraction of sp³-hybridized carbons (Fsp3) is 0.250. The Balaban J connectivity index is 1.63. The van der Waals surface area contributed by atoms with Crippen molar-refractivity contribution in [3.05, 3.63) is 83.2 Å². The lowest BCUT2D eigenvalue weighted by atomic mass is 9.88. The first-order valence-corrected chi connectivity index (χ1v) is 13.5. The van der Waals surface area contributed by atoms with Gasteiger partial charge in [-0.3, -0.25) is 4.98 Å². The predicted octanol–water partition coefficient (Wildman–Crippen LogP) is 9.79. The van der Waals surface area contributed by atoms with Gasteiger partial charge in [0.2, 0.25) is 5.71 Å². The molecule has 0 bridgehead atoms. The zero-order valence-corrected chi connectivity index (χ0v) is 22.5. The molecule has 6 rings (SSSR count). The summed E-state index contributed by atoms with van der Waals surface area (Å²) in [6, 6.07) is 19.8. The molecule has 4 heterocycles. The molecule has 0 saturated carbocycles. The third kappa shape index (κ3) is 3.63. The Morgan fingerprint density at radius 1 is 0.833 bits per heavy atom. The molecule has 0 aliphatic rings. The van der Waals surface area contributed by atoms with E-state index in [4.69, 9.17) is 9.40 Å². The topological polar surface area (TPSA) is 38.9 Å². The molecular formula is C32H30N2OS. The molecule has 0 N–H and O–H groups in total. The van der Waals surface area contributed by atoms with Crippen LogP contribution in [0.3, 0.4) is 0 Å². The zero-order chi connectivity index (χ0) is 25.1. The predicted molar refractivity (Wildman–Crippen MR) is 153 cm³/mol. The molecule has 180 valence electrons. The molecule has 3 nitrogen and oxygen atoms in total. The van der Waals surface area contributed by atoms with Crippen LogP contribution in [0.2, 0.25) is 0 Å². The van der Waals surface area contributed by atoms with Crippen molar-refractivity contribution in [3.8, 4) is 21.7 Å². The van der Waals surface area contributed by atoms with Gasteiger partial charge in [0.25, 0.3) is 0 Å². The van der Waals surface area contributed by atoms with Gasteiger partial charge < -0.3 is 4.42 Å². The van der Waals surface area contributed by atoms with Crippen LogP contribution in [-0.4, -0.2) is 9.97 Å². The Kier molecular flexibility index (Phi) is 5.45. The van der Waals surface area contributed by atoms with E-state index in [1.165, 1.54) is 37.2 Å². The van der Waals surface area contributed by atoms with E-state index in [-0.39, 0.29) is 0 Å². The highest BCUT2D eigenvalue weighted by Gasteiger charge is 2.21. The molecule has 0 amide bonds. The molecule has 36 heavy (non-hydrogen) atoms. The van der Waals surface area contributed by atoms with Gasteiger partial charge in [0.1, 0.15) is 5.58 Å². The van der Waals surface area contributed by atoms with Crippen LogP contribution in [0.1, 0.15) is 61.9 Å². The largest absolute Gasteiger partial charge is 0.437 e. The molecule has 4 heteroatoms. The molecule has 0 spiro atoms. The third-order valence-electron chi connectivity index (χ3n) is 7.03. The van der Waals surface area contributed by atoms with Crippen LogP contribution in [0.25, 0.3) is 53.9 Å². The van der Waals surface area contributed by atoms with Crippen LogP contribution in [0.4, 0.5) is 0 Å². The average Bonchev–Trinajstić information content (AvgIpc) is 3.44. The smallest absolute Gasteiger partial charge is 0.227 e. The summed E-state index contributed by atoms with van der Waals surface area (Å²) in [6.45, 7) is 13.3. The van der Waals surface area contributed by atoms with Crippen LogP contribution in [0.15, 0.2) is 65.2 Å². The Labute approximate surface area is 215 Å². The van der Waals surface area contributed by atoms with E-state index in [0.29, 0.717) is 17.5 Å². The van der Waals surface area contributed by atoms with Crippen molar-refractivity contribution in [2.45, 2.75) is 53.4 Å². The first-order chi connectivity index (χ1) is 17.3. The Morgan fingerprint density at radius 2 is 1.58 bits per heavy atom. The van der Waals surface area contributed by atoms with Crippen LogP contribution in [0, 0.1) is 13.8 Å². The summed E-state index contributed by atoms with van der Waals surface area (Å²) in [4.78, 5) is 10.9. The lowest BCUT2D eigenvalue weighted by Gasteiger charge is -2.18. The van der Waals surface area contributed by atoms with Gasteiger partial charge in [-0.1, -0.05) is 45.9 Å². The van der Waals surface area contributed by atoms with Crippen LogP contribution >= 0.6 is 11.3 Å². The second kappa shape index (κ2) is 8.56. The number of benzene rings is 2. The van der Waals surface area contributed by atoms with Gasteiger partial charge in [-0.05, 0) is 89.7 Å². The van der Waals surface area contributed by atoms with E-state index in [2.05, 4.69) is 88.1 Å². The van der Waals surface area contributed by atoms with Gasteiger partial charge in [0, 0.05) is 33.1 Å². The maximum atomic E-state index is 6.37. The number of pyridine rings is 2. The number of fused-ring (bicyclic) bond motifs is 4. The van der Waals surface area contributed by atoms with Crippen molar-refractivity contribution in [2.75, 3.05) is 0 Å². The Morgan fingerprint density at radius 3 is 2.31 bits per heavy atom. The van der Waals surface area contributed by atoms with E-state index >= 15 is 0 Å². The monoisotopic (exact) mass is 490 g/mol. The van der Waals surface area contributed by atoms with Gasteiger partial charge in [0.15, 0.2) is 0 Å². The summed E-state index contributed by atoms with van der Waals surface area (Å²) in [7, 11) is 0. The maximum Gasteiger partial charge on any atom is 0.227 e. The van der Waals surface area contributed by atoms with Crippen molar-refractivity contribution < 1.29 is 4.42 Å². The van der Waals surface area contributed by atoms with Crippen molar-refractivity contribution in [1.29, 1.82) is 0 Å². The molecule has 2 aromatic carbocycles. The first-order valence-electron chi connectivity index (χ1n) is 12.6. The number of aromatic nitrogens is 2. The summed E-state index contributed by atoms with van der Waals surface area (Å²) >= 11 is 1.84. The van der Waals surface area contributed by atoms with E-state index in [1.807, 2.05) is 30.5 Å². The fourth-order valence-electron chi connectivity index (χ4n) is 5.29. The summed E-state index contributed by atoms with van der Waals surface area (Å²) in [5.74, 6) is 0.897. The number of thiophene rings is 1. The number of hydrogen-bond donors (Lipinski definition) is 0. The van der Waals surface area contributed by atoms with E-state index in [0.717, 1.165) is 33.3 Å². The number of aryl methyl sites for hydroxylation is 2. The SMILES string of the molecule is Cc1cc(-c2nccc3cc(-c4c(C(C)C)cccc4C(C)C)sc23)c2oc3nc(C)ccc3c2c1. The quantitative estimate of drug-likeness (QED) is 0.247. The molecule has 0 aliphatic heterocycles. The summed E-state index contributed by atoms with van der Waals surface area (Å²) in [6.07, 6.45) is 1.92. The van der Waals surface area contributed by atoms with Crippen LogP contribution in [-0.2, 0) is 0 Å². The lowest BCUT2D eigenvalue weighted by molar-refractivity contribution is 0.653. The van der Waals surface area contributed by atoms with E-state index < -0.39 is 0 Å². The molecule has 0 saturated heterocycles. The zero-order valence-electron chi connectivity index (χ0n) is 21.6. The molecule has 0 unspecified atom stereocenters. The second-order valence-electron chi connectivity index (χ2n) is 10.4. The molecule has 0 fully saturated rings. The van der Waals surface area contributed by atoms with Crippen LogP contribution in [0.5, 0.6) is 0 Å². The number of hydrogen-bond acceptors (Lipinski definition) is 4. The summed E-state index contributed by atoms with van der Waals surface area (Å²) in [5, 5.41) is 3.36. The van der Waals surface area contributed by atoms with Gasteiger partial charge in [-0.25, -0.2) is 4.98 Å². The van der Waals surface area contributed by atoms with Crippen molar-refractivity contribution in [1.82, 2.24) is 9.97 Å². The van der Waals surface area contributed by atoms with Crippen molar-refractivity contribution >= 4 is 43.5 Å². The highest BCUT2D eigenvalue weighted by Crippen LogP contribution is 2.45. The Bertz CT molecular complexity index is 1740. The molecule has 0 atom stereocenters. The third-order valence-corrected chi connectivity index (χ3v) is 8.20. The van der Waals surface area contributed by atoms with Crippen molar-refractivity contribution in [2.24, 2.45) is 0 Å². The van der Waals surface area contributed by atoms with Crippen LogP contribution < -0.4 is 0 Å². The minimum atomic E-state index is 0.449. The second-order valence-corrected chi connectivity index (χ2v) is 11.5. The highest BCUT2D eigenvalue weighted by molar-refractivity contribution is 7.22. The number of furan rings is 1. The Hall–Kier alpha value is -3.50. The van der Waals surface area contributed by atoms with Gasteiger partial charge in [-0.15, -0.1) is 11.3 Å². The molecule has 4 aromatic heterocycles. The van der Waals surface area contributed by atoms with Crippen molar-refractivity contribution in [3.63, 3.8) is 0 Å². The lowest BCUT2D eigenvalue weighted by Crippen LogP contribution is -1.98. The molecule has 0 radical (unpaired) electrons. The maximum absolute atomic E-state index is 6.37. The molecular weight excluding hydrogens is 460 g/mol. The van der Waals surface area contributed by atoms with Gasteiger partial charge >= 0.3 is 0 Å². The summed E-state index contributed by atoms with van der Waals surface area (Å²) < 4.78 is 7.56. The minimum absolute atomic E-state index is 0.449. The average molecular weight is 491 g/mol. The minimum Gasteiger partial charge on any atom is -0.437 e. The molecule has 0 aliphatic carbocycles. The normalized spacial score (nSPS) is 12.1. The fourth-order valence-corrected chi connectivity index (χ4v) is 6.53. The first kappa shape index (κ1) is 22.9. The highest BCUT2D eigenvalue weighted by atomic mass is 32.1. The number of rotatable bonds is 4. The standard InChI is InChI=1S/C32H30N2OS/c1-17(2)22-8-7-9-23(18(3)4)28(22)27-16-21-12-13-33-29(31(21)36-27)26-15-19(5)14-25-24-11-10-20(6)34-32(24)35-30(25)26/h7-18H,1-6H3. The van der Waals surface area contributed by atoms with Gasteiger partial charge in [-0.2, -0.15) is 0 Å². The number of nitrogens with zero attached hydrogens (tertiary/aromatic N) is 2. The van der Waals surface area contributed by atoms with E-state index in [1.54, 1.807) is 0 Å². The molecule has 6 aromatic rings. The summed E-state index contributed by atoms with van der Waals surface area (Å²) in [5.41, 5.74) is 9.86.